The molecule has 1 heterocycles. The number of nitrogens with zero attached hydrogens (tertiary/aromatic N) is 2. The van der Waals surface area contributed by atoms with Crippen molar-refractivity contribution >= 4 is 27.7 Å². The van der Waals surface area contributed by atoms with Crippen LogP contribution in [0.15, 0.2) is 59.1 Å². The zero-order chi connectivity index (χ0) is 17.8. The number of anilines is 1. The van der Waals surface area contributed by atoms with Crippen molar-refractivity contribution in [3.8, 4) is 11.4 Å². The monoisotopic (exact) mass is 403 g/mol. The molecule has 0 fully saturated rings. The average molecular weight is 404 g/mol. The number of carbonyl (C=O) groups is 1. The normalized spacial score (nSPS) is 10.5. The molecule has 0 saturated carbocycles. The van der Waals surface area contributed by atoms with E-state index in [1.54, 1.807) is 28.9 Å². The summed E-state index contributed by atoms with van der Waals surface area (Å²) in [4.78, 5) is 12.2. The molecule has 128 valence electrons. The fourth-order valence-corrected chi connectivity index (χ4v) is 2.65. The molecular weight excluding hydrogens is 389 g/mol. The fourth-order valence-electron chi connectivity index (χ4n) is 2.25. The molecule has 7 heteroatoms. The number of amides is 1. The van der Waals surface area contributed by atoms with Crippen LogP contribution in [-0.4, -0.2) is 22.3 Å². The van der Waals surface area contributed by atoms with Gasteiger partial charge in [-0.3, -0.25) is 4.79 Å². The summed E-state index contributed by atoms with van der Waals surface area (Å²) < 4.78 is 20.9. The molecule has 3 rings (SSSR count). The maximum atomic E-state index is 13.1. The van der Waals surface area contributed by atoms with E-state index in [-0.39, 0.29) is 18.3 Å². The Hall–Kier alpha value is -2.67. The highest BCUT2D eigenvalue weighted by Gasteiger charge is 2.12. The van der Waals surface area contributed by atoms with Gasteiger partial charge in [-0.05, 0) is 59.3 Å². The van der Waals surface area contributed by atoms with Crippen LogP contribution in [0.3, 0.4) is 0 Å². The second kappa shape index (κ2) is 7.48. The Kier molecular flexibility index (Phi) is 5.14. The quantitative estimate of drug-likeness (QED) is 0.697. The molecule has 1 amide bonds. The number of hydrogen-bond acceptors (Lipinski definition) is 3. The van der Waals surface area contributed by atoms with E-state index in [1.807, 2.05) is 25.1 Å². The first-order valence-corrected chi connectivity index (χ1v) is 8.32. The van der Waals surface area contributed by atoms with E-state index in [0.29, 0.717) is 17.3 Å². The molecule has 0 bridgehead atoms. The number of ether oxygens (including phenoxy) is 1. The van der Waals surface area contributed by atoms with Gasteiger partial charge < -0.3 is 10.1 Å². The molecule has 0 aliphatic carbocycles. The summed E-state index contributed by atoms with van der Waals surface area (Å²) in [5.74, 6) is 0.421. The van der Waals surface area contributed by atoms with E-state index in [9.17, 15) is 9.18 Å². The lowest BCUT2D eigenvalue weighted by Gasteiger charge is -2.10. The number of rotatable bonds is 5. The lowest BCUT2D eigenvalue weighted by atomic mass is 10.3. The summed E-state index contributed by atoms with van der Waals surface area (Å²) in [6.45, 7) is 1.67. The van der Waals surface area contributed by atoms with Gasteiger partial charge in [-0.2, -0.15) is 5.10 Å². The Morgan fingerprint density at radius 1 is 1.24 bits per heavy atom. The van der Waals surface area contributed by atoms with Gasteiger partial charge in [0, 0.05) is 6.07 Å². The molecule has 3 aromatic rings. The summed E-state index contributed by atoms with van der Waals surface area (Å²) in [7, 11) is 0. The van der Waals surface area contributed by atoms with Gasteiger partial charge in [-0.1, -0.05) is 12.1 Å². The van der Waals surface area contributed by atoms with Gasteiger partial charge in [-0.25, -0.2) is 9.07 Å². The van der Waals surface area contributed by atoms with Crippen LogP contribution in [0.4, 0.5) is 10.2 Å². The van der Waals surface area contributed by atoms with Crippen LogP contribution in [0.1, 0.15) is 5.69 Å². The van der Waals surface area contributed by atoms with E-state index in [4.69, 9.17) is 4.74 Å². The van der Waals surface area contributed by atoms with Gasteiger partial charge in [0.2, 0.25) is 0 Å². The van der Waals surface area contributed by atoms with Crippen molar-refractivity contribution in [3.05, 3.63) is 70.6 Å². The SMILES string of the molecule is Cc1cc(NC(=O)COc2ccccc2Br)n(-c2ccc(F)cc2)n1. The van der Waals surface area contributed by atoms with Gasteiger partial charge in [0.25, 0.3) is 5.91 Å². The average Bonchev–Trinajstić information content (AvgIpc) is 2.95. The van der Waals surface area contributed by atoms with Gasteiger partial charge in [0.05, 0.1) is 15.9 Å². The first-order chi connectivity index (χ1) is 12.0. The van der Waals surface area contributed by atoms with Crippen LogP contribution < -0.4 is 10.1 Å². The topological polar surface area (TPSA) is 56.1 Å². The predicted molar refractivity (Wildman–Crippen MR) is 96.5 cm³/mol. The van der Waals surface area contributed by atoms with E-state index in [2.05, 4.69) is 26.3 Å². The highest BCUT2D eigenvalue weighted by atomic mass is 79.9. The molecular formula is C18H15BrFN3O2. The number of halogens is 2. The summed E-state index contributed by atoms with van der Waals surface area (Å²) in [6, 6.07) is 14.9. The van der Waals surface area contributed by atoms with Gasteiger partial charge in [0.15, 0.2) is 6.61 Å². The van der Waals surface area contributed by atoms with Crippen molar-refractivity contribution in [3.63, 3.8) is 0 Å². The molecule has 0 unspecified atom stereocenters. The van der Waals surface area contributed by atoms with E-state index in [1.165, 1.54) is 12.1 Å². The second-order valence-corrected chi connectivity index (χ2v) is 6.18. The minimum atomic E-state index is -0.333. The van der Waals surface area contributed by atoms with Crippen molar-refractivity contribution in [2.45, 2.75) is 6.92 Å². The Morgan fingerprint density at radius 3 is 2.68 bits per heavy atom. The number of aryl methyl sites for hydroxylation is 1. The van der Waals surface area contributed by atoms with Crippen molar-refractivity contribution < 1.29 is 13.9 Å². The highest BCUT2D eigenvalue weighted by molar-refractivity contribution is 9.10. The van der Waals surface area contributed by atoms with Crippen LogP contribution >= 0.6 is 15.9 Å². The number of benzene rings is 2. The molecule has 1 aromatic heterocycles. The van der Waals surface area contributed by atoms with E-state index < -0.39 is 0 Å². The lowest BCUT2D eigenvalue weighted by Crippen LogP contribution is -2.22. The Morgan fingerprint density at radius 2 is 1.96 bits per heavy atom. The van der Waals surface area contributed by atoms with Crippen LogP contribution in [0, 0.1) is 12.7 Å². The molecule has 0 spiro atoms. The molecule has 2 aromatic carbocycles. The highest BCUT2D eigenvalue weighted by Crippen LogP contribution is 2.24. The number of hydrogen-bond donors (Lipinski definition) is 1. The smallest absolute Gasteiger partial charge is 0.263 e. The number of carbonyl (C=O) groups excluding carboxylic acids is 1. The molecule has 25 heavy (non-hydrogen) atoms. The minimum Gasteiger partial charge on any atom is -0.483 e. The third-order valence-corrected chi connectivity index (χ3v) is 4.02. The lowest BCUT2D eigenvalue weighted by molar-refractivity contribution is -0.118. The van der Waals surface area contributed by atoms with Crippen molar-refractivity contribution in [1.29, 1.82) is 0 Å². The molecule has 1 N–H and O–H groups in total. The number of para-hydroxylation sites is 1. The van der Waals surface area contributed by atoms with Gasteiger partial charge in [0.1, 0.15) is 17.4 Å². The summed E-state index contributed by atoms with van der Waals surface area (Å²) in [6.07, 6.45) is 0. The minimum absolute atomic E-state index is 0.143. The summed E-state index contributed by atoms with van der Waals surface area (Å²) in [5, 5.41) is 7.09. The second-order valence-electron chi connectivity index (χ2n) is 5.33. The fraction of sp³-hybridized carbons (Fsp3) is 0.111. The van der Waals surface area contributed by atoms with Crippen LogP contribution in [0.25, 0.3) is 5.69 Å². The molecule has 5 nitrogen and oxygen atoms in total. The molecule has 0 radical (unpaired) electrons. The van der Waals surface area contributed by atoms with Crippen molar-refractivity contribution in [2.75, 3.05) is 11.9 Å². The van der Waals surface area contributed by atoms with Crippen LogP contribution in [0.5, 0.6) is 5.75 Å². The predicted octanol–water partition coefficient (Wildman–Crippen LogP) is 4.10. The molecule has 0 saturated heterocycles. The standard InChI is InChI=1S/C18H15BrFN3O2/c1-12-10-17(23(22-12)14-8-6-13(20)7-9-14)21-18(24)11-25-16-5-3-2-4-15(16)19/h2-10H,11H2,1H3,(H,21,24). The molecule has 0 atom stereocenters. The zero-order valence-corrected chi connectivity index (χ0v) is 15.0. The van der Waals surface area contributed by atoms with Crippen molar-refractivity contribution in [1.82, 2.24) is 9.78 Å². The third-order valence-electron chi connectivity index (χ3n) is 3.37. The van der Waals surface area contributed by atoms with E-state index in [0.717, 1.165) is 10.2 Å². The first kappa shape index (κ1) is 17.2. The van der Waals surface area contributed by atoms with E-state index >= 15 is 0 Å². The van der Waals surface area contributed by atoms with Crippen molar-refractivity contribution in [2.24, 2.45) is 0 Å². The Labute approximate surface area is 152 Å². The van der Waals surface area contributed by atoms with Crippen LogP contribution in [0.2, 0.25) is 0 Å². The Bertz CT molecular complexity index is 894. The molecule has 0 aliphatic heterocycles. The summed E-state index contributed by atoms with van der Waals surface area (Å²) >= 11 is 3.36. The first-order valence-electron chi connectivity index (χ1n) is 7.53. The van der Waals surface area contributed by atoms with Gasteiger partial charge in [-0.15, -0.1) is 0 Å². The molecule has 0 aliphatic rings. The van der Waals surface area contributed by atoms with Crippen LogP contribution in [-0.2, 0) is 4.79 Å². The maximum Gasteiger partial charge on any atom is 0.263 e. The largest absolute Gasteiger partial charge is 0.483 e. The third kappa shape index (κ3) is 4.24. The maximum absolute atomic E-state index is 13.1. The Balaban J connectivity index is 1.71. The van der Waals surface area contributed by atoms with Gasteiger partial charge >= 0.3 is 0 Å². The summed E-state index contributed by atoms with van der Waals surface area (Å²) in [5.41, 5.74) is 1.38. The number of aromatic nitrogens is 2. The zero-order valence-electron chi connectivity index (χ0n) is 13.4. The number of nitrogens with one attached hydrogen (secondary N) is 1.